The predicted octanol–water partition coefficient (Wildman–Crippen LogP) is 5.36. The number of aliphatic carboxylic acids is 1. The third-order valence-electron chi connectivity index (χ3n) is 4.13. The maximum Gasteiger partial charge on any atom is 0.316 e. The van der Waals surface area contributed by atoms with Crippen molar-refractivity contribution in [1.82, 2.24) is 9.97 Å². The first kappa shape index (κ1) is 17.9. The number of rotatable bonds is 5. The number of thiophene rings is 1. The zero-order chi connectivity index (χ0) is 18.1. The lowest BCUT2D eigenvalue weighted by molar-refractivity contribution is -0.136. The third-order valence-corrected chi connectivity index (χ3v) is 6.23. The molecule has 0 amide bonds. The molecule has 2 heterocycles. The molecule has 3 aromatic rings. The Balaban J connectivity index is 2.14. The van der Waals surface area contributed by atoms with E-state index in [-0.39, 0.29) is 0 Å². The van der Waals surface area contributed by atoms with Gasteiger partial charge in [0, 0.05) is 10.4 Å². The minimum Gasteiger partial charge on any atom is -0.480 e. The number of benzene rings is 1. The maximum atomic E-state index is 11.2. The van der Waals surface area contributed by atoms with Gasteiger partial charge in [0.1, 0.15) is 21.4 Å². The number of fused-ring (bicyclic) bond motifs is 1. The van der Waals surface area contributed by atoms with E-state index in [2.05, 4.69) is 55.0 Å². The van der Waals surface area contributed by atoms with Crippen molar-refractivity contribution < 1.29 is 9.90 Å². The van der Waals surface area contributed by atoms with Crippen molar-refractivity contribution in [1.29, 1.82) is 0 Å². The number of hydrogen-bond donors (Lipinski definition) is 1. The van der Waals surface area contributed by atoms with Crippen LogP contribution >= 0.6 is 23.1 Å². The highest BCUT2D eigenvalue weighted by Gasteiger charge is 2.21. The second-order valence-electron chi connectivity index (χ2n) is 6.27. The Morgan fingerprint density at radius 2 is 1.84 bits per heavy atom. The summed E-state index contributed by atoms with van der Waals surface area (Å²) in [6.07, 6.45) is 1.51. The van der Waals surface area contributed by atoms with Crippen LogP contribution in [0.4, 0.5) is 0 Å². The van der Waals surface area contributed by atoms with E-state index in [1.807, 2.05) is 0 Å². The van der Waals surface area contributed by atoms with Crippen molar-refractivity contribution >= 4 is 39.3 Å². The van der Waals surface area contributed by atoms with Gasteiger partial charge in [0.25, 0.3) is 0 Å². The number of aryl methyl sites for hydroxylation is 1. The molecule has 1 aromatic carbocycles. The van der Waals surface area contributed by atoms with Gasteiger partial charge in [-0.2, -0.15) is 0 Å². The van der Waals surface area contributed by atoms with Crippen LogP contribution in [0.3, 0.4) is 0 Å². The van der Waals surface area contributed by atoms with Crippen molar-refractivity contribution in [3.8, 4) is 11.1 Å². The molecule has 0 saturated carbocycles. The molecule has 0 aliphatic rings. The van der Waals surface area contributed by atoms with Crippen molar-refractivity contribution in [2.75, 3.05) is 0 Å². The maximum absolute atomic E-state index is 11.2. The Labute approximate surface area is 155 Å². The summed E-state index contributed by atoms with van der Waals surface area (Å²) in [6, 6.07) is 8.57. The summed E-state index contributed by atoms with van der Waals surface area (Å²) >= 11 is 2.89. The number of carboxylic acid groups (broad SMARTS) is 1. The summed E-state index contributed by atoms with van der Waals surface area (Å²) in [5.41, 5.74) is 3.52. The van der Waals surface area contributed by atoms with Gasteiger partial charge >= 0.3 is 5.97 Å². The number of thioether (sulfide) groups is 1. The van der Waals surface area contributed by atoms with Gasteiger partial charge in [-0.1, -0.05) is 49.9 Å². The number of aromatic nitrogens is 2. The average Bonchev–Trinajstić information content (AvgIpc) is 2.91. The van der Waals surface area contributed by atoms with E-state index in [0.717, 1.165) is 31.2 Å². The summed E-state index contributed by atoms with van der Waals surface area (Å²) in [5, 5.41) is 10.4. The summed E-state index contributed by atoms with van der Waals surface area (Å²) in [5.74, 6) is -0.355. The van der Waals surface area contributed by atoms with Crippen LogP contribution in [0.5, 0.6) is 0 Å². The zero-order valence-corrected chi connectivity index (χ0v) is 16.2. The Bertz CT molecular complexity index is 917. The predicted molar refractivity (Wildman–Crippen MR) is 105 cm³/mol. The van der Waals surface area contributed by atoms with Crippen LogP contribution in [0, 0.1) is 6.92 Å². The van der Waals surface area contributed by atoms with Crippen LogP contribution in [0.2, 0.25) is 0 Å². The van der Waals surface area contributed by atoms with Gasteiger partial charge < -0.3 is 5.11 Å². The highest BCUT2D eigenvalue weighted by Crippen LogP contribution is 2.42. The van der Waals surface area contributed by atoms with Crippen LogP contribution in [0.25, 0.3) is 21.3 Å². The van der Waals surface area contributed by atoms with Crippen LogP contribution < -0.4 is 0 Å². The van der Waals surface area contributed by atoms with Crippen molar-refractivity contribution in [2.24, 2.45) is 0 Å². The average molecular weight is 373 g/mol. The lowest BCUT2D eigenvalue weighted by atomic mass is 9.98. The monoisotopic (exact) mass is 372 g/mol. The first-order chi connectivity index (χ1) is 11.9. The first-order valence-electron chi connectivity index (χ1n) is 8.12. The van der Waals surface area contributed by atoms with Crippen molar-refractivity contribution in [3.05, 3.63) is 41.0 Å². The number of hydrogen-bond acceptors (Lipinski definition) is 5. The Kier molecular flexibility index (Phi) is 5.11. The molecule has 0 fully saturated rings. The molecule has 1 atom stereocenters. The highest BCUT2D eigenvalue weighted by molar-refractivity contribution is 8.00. The largest absolute Gasteiger partial charge is 0.480 e. The molecule has 6 heteroatoms. The van der Waals surface area contributed by atoms with Gasteiger partial charge in [-0.05, 0) is 30.9 Å². The molecule has 25 heavy (non-hydrogen) atoms. The fourth-order valence-corrected chi connectivity index (χ4v) is 4.64. The van der Waals surface area contributed by atoms with Gasteiger partial charge in [-0.15, -0.1) is 11.3 Å². The van der Waals surface area contributed by atoms with Crippen molar-refractivity contribution in [3.63, 3.8) is 0 Å². The Morgan fingerprint density at radius 1 is 1.16 bits per heavy atom. The lowest BCUT2D eigenvalue weighted by Gasteiger charge is -2.10. The van der Waals surface area contributed by atoms with Crippen LogP contribution in [-0.2, 0) is 4.79 Å². The summed E-state index contributed by atoms with van der Waals surface area (Å²) in [6.45, 7) is 8.11. The minimum atomic E-state index is -0.841. The van der Waals surface area contributed by atoms with E-state index in [0.29, 0.717) is 5.92 Å². The molecule has 0 aliphatic heterocycles. The number of nitrogens with zero attached hydrogens (tertiary/aromatic N) is 2. The molecule has 0 saturated heterocycles. The molecule has 0 bridgehead atoms. The molecular weight excluding hydrogens is 352 g/mol. The molecular formula is C19H20N2O2S2. The molecule has 0 spiro atoms. The summed E-state index contributed by atoms with van der Waals surface area (Å²) in [7, 11) is 0. The second kappa shape index (κ2) is 7.14. The summed E-state index contributed by atoms with van der Waals surface area (Å²) in [4.78, 5) is 22.1. The van der Waals surface area contributed by atoms with E-state index < -0.39 is 11.2 Å². The van der Waals surface area contributed by atoms with Gasteiger partial charge in [-0.25, -0.2) is 9.97 Å². The fourth-order valence-electron chi connectivity index (χ4n) is 2.71. The third kappa shape index (κ3) is 3.55. The molecule has 0 radical (unpaired) electrons. The van der Waals surface area contributed by atoms with Gasteiger partial charge in [-0.3, -0.25) is 4.79 Å². The molecule has 1 unspecified atom stereocenters. The van der Waals surface area contributed by atoms with Crippen LogP contribution in [0.1, 0.15) is 37.1 Å². The van der Waals surface area contributed by atoms with E-state index in [1.165, 1.54) is 23.7 Å². The zero-order valence-electron chi connectivity index (χ0n) is 14.6. The molecule has 130 valence electrons. The molecule has 4 nitrogen and oxygen atoms in total. The van der Waals surface area contributed by atoms with Gasteiger partial charge in [0.05, 0.1) is 5.39 Å². The first-order valence-corrected chi connectivity index (χ1v) is 9.82. The quantitative estimate of drug-likeness (QED) is 0.483. The number of carboxylic acids is 1. The molecule has 1 N–H and O–H groups in total. The molecule has 3 rings (SSSR count). The fraction of sp³-hybridized carbons (Fsp3) is 0.316. The molecule has 2 aromatic heterocycles. The van der Waals surface area contributed by atoms with Crippen LogP contribution in [-0.4, -0.2) is 26.3 Å². The van der Waals surface area contributed by atoms with Crippen LogP contribution in [0.15, 0.2) is 35.6 Å². The van der Waals surface area contributed by atoms with E-state index in [4.69, 9.17) is 0 Å². The van der Waals surface area contributed by atoms with Gasteiger partial charge in [0.15, 0.2) is 0 Å². The van der Waals surface area contributed by atoms with E-state index in [9.17, 15) is 9.90 Å². The minimum absolute atomic E-state index is 0.486. The topological polar surface area (TPSA) is 63.1 Å². The van der Waals surface area contributed by atoms with E-state index in [1.54, 1.807) is 18.3 Å². The number of carbonyl (C=O) groups is 1. The second-order valence-corrected chi connectivity index (χ2v) is 8.80. The van der Waals surface area contributed by atoms with Gasteiger partial charge in [0.2, 0.25) is 0 Å². The Morgan fingerprint density at radius 3 is 2.44 bits per heavy atom. The Hall–Kier alpha value is -1.92. The summed E-state index contributed by atoms with van der Waals surface area (Å²) < 4.78 is 0. The normalized spacial score (nSPS) is 12.7. The standard InChI is InChI=1S/C19H20N2O2S2/c1-10(2)13-5-7-14(8-6-13)15-11(3)24-17-16(15)18(21-9-20-17)25-12(4)19(22)23/h5-10,12H,1-4H3,(H,22,23). The lowest BCUT2D eigenvalue weighted by Crippen LogP contribution is -2.11. The van der Waals surface area contributed by atoms with Crippen molar-refractivity contribution in [2.45, 2.75) is 43.9 Å². The highest BCUT2D eigenvalue weighted by atomic mass is 32.2. The van der Waals surface area contributed by atoms with E-state index >= 15 is 0 Å². The smallest absolute Gasteiger partial charge is 0.316 e. The SMILES string of the molecule is Cc1sc2ncnc(SC(C)C(=O)O)c2c1-c1ccc(C(C)C)cc1. The molecule has 0 aliphatic carbocycles.